The van der Waals surface area contributed by atoms with E-state index in [0.29, 0.717) is 0 Å². The Kier molecular flexibility index (Phi) is 3.95. The van der Waals surface area contributed by atoms with Gasteiger partial charge in [0.1, 0.15) is 0 Å². The molecule has 3 rings (SSSR count). The van der Waals surface area contributed by atoms with Crippen LogP contribution in [0.4, 0.5) is 0 Å². The summed E-state index contributed by atoms with van der Waals surface area (Å²) in [6, 6.07) is 6.86. The van der Waals surface area contributed by atoms with Gasteiger partial charge >= 0.3 is 0 Å². The highest BCUT2D eigenvalue weighted by molar-refractivity contribution is 7.12. The molecule has 2 aromatic heterocycles. The molecule has 3 heteroatoms. The molecule has 0 saturated heterocycles. The number of pyridine rings is 1. The van der Waals surface area contributed by atoms with E-state index >= 15 is 0 Å². The minimum atomic E-state index is 0.283. The Hall–Kier alpha value is -1.19. The predicted molar refractivity (Wildman–Crippen MR) is 80.7 cm³/mol. The molecule has 2 heterocycles. The van der Waals surface area contributed by atoms with Gasteiger partial charge in [-0.1, -0.05) is 12.5 Å². The summed E-state index contributed by atoms with van der Waals surface area (Å²) in [6.07, 6.45) is 10.4. The molecule has 100 valence electrons. The van der Waals surface area contributed by atoms with Crippen LogP contribution in [0.1, 0.15) is 46.2 Å². The number of aromatic nitrogens is 1. The third kappa shape index (κ3) is 2.72. The quantitative estimate of drug-likeness (QED) is 0.861. The Morgan fingerprint density at radius 2 is 2.16 bits per heavy atom. The lowest BCUT2D eigenvalue weighted by atomic mass is 10.1. The molecular weight excluding hydrogens is 252 g/mol. The lowest BCUT2D eigenvalue weighted by Crippen LogP contribution is -2.16. The average Bonchev–Trinajstić information content (AvgIpc) is 2.71. The Balaban J connectivity index is 1.92. The summed E-state index contributed by atoms with van der Waals surface area (Å²) in [4.78, 5) is 7.28. The monoisotopic (exact) mass is 272 g/mol. The highest BCUT2D eigenvalue weighted by atomic mass is 32.1. The normalized spacial score (nSPS) is 16.7. The molecule has 1 aliphatic carbocycles. The zero-order valence-corrected chi connectivity index (χ0v) is 12.2. The van der Waals surface area contributed by atoms with E-state index in [4.69, 9.17) is 0 Å². The second kappa shape index (κ2) is 5.85. The van der Waals surface area contributed by atoms with Gasteiger partial charge in [0.15, 0.2) is 0 Å². The minimum Gasteiger partial charge on any atom is -0.309 e. The number of hydrogen-bond donors (Lipinski definition) is 1. The largest absolute Gasteiger partial charge is 0.309 e. The lowest BCUT2D eigenvalue weighted by molar-refractivity contribution is 0.696. The molecule has 19 heavy (non-hydrogen) atoms. The number of rotatable bonds is 3. The van der Waals surface area contributed by atoms with Crippen LogP contribution in [0.5, 0.6) is 0 Å². The van der Waals surface area contributed by atoms with Crippen LogP contribution in [-0.2, 0) is 12.8 Å². The fraction of sp³-hybridized carbons (Fsp3) is 0.438. The first-order valence-electron chi connectivity index (χ1n) is 7.07. The molecule has 0 spiro atoms. The zero-order chi connectivity index (χ0) is 13.1. The van der Waals surface area contributed by atoms with Gasteiger partial charge in [0.25, 0.3) is 0 Å². The Labute approximate surface area is 118 Å². The summed E-state index contributed by atoms with van der Waals surface area (Å²) >= 11 is 1.99. The number of aryl methyl sites for hydroxylation is 2. The third-order valence-corrected chi connectivity index (χ3v) is 5.16. The third-order valence-electron chi connectivity index (χ3n) is 3.86. The van der Waals surface area contributed by atoms with E-state index in [9.17, 15) is 0 Å². The van der Waals surface area contributed by atoms with E-state index < -0.39 is 0 Å². The fourth-order valence-electron chi connectivity index (χ4n) is 2.85. The summed E-state index contributed by atoms with van der Waals surface area (Å²) in [5, 5.41) is 3.43. The predicted octanol–water partition coefficient (Wildman–Crippen LogP) is 3.72. The van der Waals surface area contributed by atoms with Gasteiger partial charge in [-0.2, -0.15) is 0 Å². The van der Waals surface area contributed by atoms with Gasteiger partial charge in [0, 0.05) is 22.1 Å². The Morgan fingerprint density at radius 3 is 2.95 bits per heavy atom. The highest BCUT2D eigenvalue weighted by Crippen LogP contribution is 2.34. The van der Waals surface area contributed by atoms with Gasteiger partial charge in [0.2, 0.25) is 0 Å². The molecule has 1 unspecified atom stereocenters. The number of nitrogens with zero attached hydrogens (tertiary/aromatic N) is 1. The molecule has 1 aliphatic rings. The van der Waals surface area contributed by atoms with E-state index in [-0.39, 0.29) is 6.04 Å². The summed E-state index contributed by atoms with van der Waals surface area (Å²) < 4.78 is 0. The second-order valence-electron chi connectivity index (χ2n) is 5.17. The van der Waals surface area contributed by atoms with Crippen molar-refractivity contribution >= 4 is 11.3 Å². The van der Waals surface area contributed by atoms with Crippen molar-refractivity contribution in [3.05, 3.63) is 51.5 Å². The molecule has 2 aromatic rings. The van der Waals surface area contributed by atoms with E-state index in [1.165, 1.54) is 42.5 Å². The van der Waals surface area contributed by atoms with Crippen molar-refractivity contribution in [3.8, 4) is 0 Å². The van der Waals surface area contributed by atoms with Crippen LogP contribution >= 0.6 is 11.3 Å². The summed E-state index contributed by atoms with van der Waals surface area (Å²) in [5.41, 5.74) is 2.84. The minimum absolute atomic E-state index is 0.283. The number of nitrogens with one attached hydrogen (secondary N) is 1. The van der Waals surface area contributed by atoms with Gasteiger partial charge in [-0.25, -0.2) is 0 Å². The van der Waals surface area contributed by atoms with Crippen molar-refractivity contribution in [2.24, 2.45) is 0 Å². The van der Waals surface area contributed by atoms with Gasteiger partial charge in [0.05, 0.1) is 6.04 Å². The molecule has 1 atom stereocenters. The van der Waals surface area contributed by atoms with E-state index in [1.807, 2.05) is 36.8 Å². The van der Waals surface area contributed by atoms with E-state index in [0.717, 1.165) is 0 Å². The fourth-order valence-corrected chi connectivity index (χ4v) is 4.25. The molecule has 0 aliphatic heterocycles. The van der Waals surface area contributed by atoms with Crippen LogP contribution < -0.4 is 5.32 Å². The van der Waals surface area contributed by atoms with Crippen LogP contribution in [0.25, 0.3) is 0 Å². The molecule has 1 N–H and O–H groups in total. The maximum Gasteiger partial charge on any atom is 0.0683 e. The number of fused-ring (bicyclic) bond motifs is 1. The van der Waals surface area contributed by atoms with Gasteiger partial charge < -0.3 is 5.32 Å². The summed E-state index contributed by atoms with van der Waals surface area (Å²) in [5.74, 6) is 0. The van der Waals surface area contributed by atoms with Crippen molar-refractivity contribution in [3.63, 3.8) is 0 Å². The van der Waals surface area contributed by atoms with Crippen molar-refractivity contribution in [2.75, 3.05) is 7.05 Å². The first-order chi connectivity index (χ1) is 9.38. The average molecular weight is 272 g/mol. The Morgan fingerprint density at radius 1 is 1.26 bits per heavy atom. The van der Waals surface area contributed by atoms with Gasteiger partial charge in [-0.3, -0.25) is 4.98 Å². The van der Waals surface area contributed by atoms with Crippen LogP contribution in [0.15, 0.2) is 30.6 Å². The van der Waals surface area contributed by atoms with Crippen molar-refractivity contribution in [1.82, 2.24) is 10.3 Å². The first kappa shape index (κ1) is 12.8. The molecule has 0 fully saturated rings. The zero-order valence-electron chi connectivity index (χ0n) is 11.4. The highest BCUT2D eigenvalue weighted by Gasteiger charge is 2.18. The number of hydrogen-bond acceptors (Lipinski definition) is 3. The topological polar surface area (TPSA) is 24.9 Å². The maximum atomic E-state index is 4.24. The maximum absolute atomic E-state index is 4.24. The lowest BCUT2D eigenvalue weighted by Gasteiger charge is -2.14. The van der Waals surface area contributed by atoms with Crippen LogP contribution in [0.3, 0.4) is 0 Å². The van der Waals surface area contributed by atoms with Gasteiger partial charge in [-0.05, 0) is 56.0 Å². The molecule has 0 radical (unpaired) electrons. The van der Waals surface area contributed by atoms with Crippen molar-refractivity contribution in [1.29, 1.82) is 0 Å². The van der Waals surface area contributed by atoms with E-state index in [2.05, 4.69) is 22.4 Å². The first-order valence-corrected chi connectivity index (χ1v) is 7.89. The molecule has 0 amide bonds. The van der Waals surface area contributed by atoms with Crippen molar-refractivity contribution < 1.29 is 0 Å². The smallest absolute Gasteiger partial charge is 0.0683 e. The van der Waals surface area contributed by atoms with Crippen LogP contribution in [0, 0.1) is 0 Å². The van der Waals surface area contributed by atoms with Crippen LogP contribution in [-0.4, -0.2) is 12.0 Å². The molecular formula is C16H20N2S. The van der Waals surface area contributed by atoms with Crippen molar-refractivity contribution in [2.45, 2.75) is 38.1 Å². The molecule has 0 aromatic carbocycles. The van der Waals surface area contributed by atoms with Gasteiger partial charge in [-0.15, -0.1) is 11.3 Å². The molecule has 2 nitrogen and oxygen atoms in total. The summed E-state index contributed by atoms with van der Waals surface area (Å²) in [6.45, 7) is 0. The second-order valence-corrected chi connectivity index (χ2v) is 6.33. The standard InChI is InChI=1S/C16H20N2S/c1-17-16(13-7-5-9-18-11-13)15-10-12-6-3-2-4-8-14(12)19-15/h5,7,9-11,16-17H,2-4,6,8H2,1H3. The Bertz CT molecular complexity index is 509. The van der Waals surface area contributed by atoms with Crippen LogP contribution in [0.2, 0.25) is 0 Å². The summed E-state index contributed by atoms with van der Waals surface area (Å²) in [7, 11) is 2.03. The molecule has 0 bridgehead atoms. The molecule has 0 saturated carbocycles. The SMILES string of the molecule is CNC(c1cccnc1)c1cc2c(s1)CCCCC2. The number of thiophene rings is 1. The van der Waals surface area contributed by atoms with E-state index in [1.54, 1.807) is 10.4 Å².